The zero-order valence-electron chi connectivity index (χ0n) is 12.5. The first-order valence-electron chi connectivity index (χ1n) is 7.40. The number of nitrogens with zero attached hydrogens (tertiary/aromatic N) is 2. The lowest BCUT2D eigenvalue weighted by atomic mass is 9.92. The Balaban J connectivity index is 1.72. The molecule has 4 heteroatoms. The Morgan fingerprint density at radius 3 is 2.79 bits per heavy atom. The summed E-state index contributed by atoms with van der Waals surface area (Å²) in [7, 11) is 0. The van der Waals surface area contributed by atoms with Gasteiger partial charge in [0.25, 0.3) is 0 Å². The molecule has 0 atom stereocenters. The summed E-state index contributed by atoms with van der Waals surface area (Å²) < 4.78 is 8.19. The van der Waals surface area contributed by atoms with E-state index in [0.29, 0.717) is 6.10 Å². The minimum absolute atomic E-state index is 0.159. The molecule has 2 rings (SSSR count). The average molecular weight is 265 g/mol. The summed E-state index contributed by atoms with van der Waals surface area (Å²) in [5.74, 6) is 0. The molecular formula is C15H27N3O. The van der Waals surface area contributed by atoms with E-state index in [4.69, 9.17) is 4.74 Å². The van der Waals surface area contributed by atoms with Gasteiger partial charge in [-0.2, -0.15) is 0 Å². The van der Waals surface area contributed by atoms with Crippen LogP contribution in [0.2, 0.25) is 0 Å². The van der Waals surface area contributed by atoms with Crippen molar-refractivity contribution in [3.63, 3.8) is 0 Å². The van der Waals surface area contributed by atoms with Crippen LogP contribution in [-0.4, -0.2) is 35.4 Å². The maximum Gasteiger partial charge on any atom is 0.0948 e. The van der Waals surface area contributed by atoms with E-state index < -0.39 is 0 Å². The molecule has 1 aliphatic heterocycles. The van der Waals surface area contributed by atoms with Gasteiger partial charge in [0.05, 0.1) is 12.4 Å². The smallest absolute Gasteiger partial charge is 0.0948 e. The van der Waals surface area contributed by atoms with E-state index in [1.54, 1.807) is 0 Å². The van der Waals surface area contributed by atoms with E-state index in [1.807, 2.05) is 12.5 Å². The lowest BCUT2D eigenvalue weighted by Crippen LogP contribution is -2.32. The molecule has 1 N–H and O–H groups in total. The largest absolute Gasteiger partial charge is 0.378 e. The lowest BCUT2D eigenvalue weighted by Gasteiger charge is -2.23. The Bertz CT molecular complexity index is 375. The molecule has 108 valence electrons. The molecule has 1 aliphatic rings. The summed E-state index contributed by atoms with van der Waals surface area (Å²) in [6.45, 7) is 10.7. The van der Waals surface area contributed by atoms with Gasteiger partial charge in [0.2, 0.25) is 0 Å². The van der Waals surface area contributed by atoms with Crippen molar-refractivity contribution in [1.29, 1.82) is 0 Å². The topological polar surface area (TPSA) is 39.1 Å². The number of ether oxygens (including phenoxy) is 1. The maximum absolute atomic E-state index is 5.93. The Labute approximate surface area is 116 Å². The van der Waals surface area contributed by atoms with E-state index in [9.17, 15) is 0 Å². The third-order valence-electron chi connectivity index (χ3n) is 3.66. The van der Waals surface area contributed by atoms with Crippen LogP contribution in [0.1, 0.15) is 45.7 Å². The van der Waals surface area contributed by atoms with Gasteiger partial charge in [0, 0.05) is 30.5 Å². The van der Waals surface area contributed by atoms with Gasteiger partial charge in [-0.3, -0.25) is 0 Å². The van der Waals surface area contributed by atoms with Gasteiger partial charge >= 0.3 is 0 Å². The van der Waals surface area contributed by atoms with E-state index in [-0.39, 0.29) is 5.41 Å². The number of hydrogen-bond acceptors (Lipinski definition) is 3. The number of nitrogens with one attached hydrogen (secondary N) is 1. The molecule has 0 spiro atoms. The molecule has 1 aromatic heterocycles. The van der Waals surface area contributed by atoms with Gasteiger partial charge in [-0.1, -0.05) is 20.8 Å². The normalized spacial score (nSPS) is 17.8. The molecule has 1 fully saturated rings. The molecule has 0 aliphatic carbocycles. The third kappa shape index (κ3) is 4.32. The first kappa shape index (κ1) is 14.5. The van der Waals surface area contributed by atoms with Crippen LogP contribution in [0.15, 0.2) is 12.5 Å². The van der Waals surface area contributed by atoms with Crippen LogP contribution in [0.5, 0.6) is 0 Å². The number of rotatable bonds is 5. The SMILES string of the molecule is CC(C)(C)c1cncn1CCCOC1CCNCC1. The highest BCUT2D eigenvalue weighted by atomic mass is 16.5. The molecule has 1 saturated heterocycles. The summed E-state index contributed by atoms with van der Waals surface area (Å²) in [6.07, 6.45) is 7.74. The van der Waals surface area contributed by atoms with Crippen molar-refractivity contribution in [3.05, 3.63) is 18.2 Å². The zero-order chi connectivity index (χ0) is 13.7. The minimum Gasteiger partial charge on any atom is -0.378 e. The van der Waals surface area contributed by atoms with Crippen LogP contribution in [0.3, 0.4) is 0 Å². The number of imidazole rings is 1. The molecule has 0 bridgehead atoms. The summed E-state index contributed by atoms with van der Waals surface area (Å²) in [4.78, 5) is 4.27. The van der Waals surface area contributed by atoms with Crippen molar-refractivity contribution in [1.82, 2.24) is 14.9 Å². The Hall–Kier alpha value is -0.870. The van der Waals surface area contributed by atoms with Gasteiger partial charge in [0.1, 0.15) is 0 Å². The van der Waals surface area contributed by atoms with Crippen LogP contribution in [0, 0.1) is 0 Å². The monoisotopic (exact) mass is 265 g/mol. The zero-order valence-corrected chi connectivity index (χ0v) is 12.5. The number of aryl methyl sites for hydroxylation is 1. The highest BCUT2D eigenvalue weighted by molar-refractivity contribution is 5.10. The van der Waals surface area contributed by atoms with Gasteiger partial charge in [0.15, 0.2) is 0 Å². The van der Waals surface area contributed by atoms with Crippen molar-refractivity contribution < 1.29 is 4.74 Å². The Morgan fingerprint density at radius 2 is 2.11 bits per heavy atom. The van der Waals surface area contributed by atoms with Crippen molar-refractivity contribution in [2.45, 2.75) is 58.1 Å². The van der Waals surface area contributed by atoms with Crippen LogP contribution in [-0.2, 0) is 16.7 Å². The molecule has 0 saturated carbocycles. The summed E-state index contributed by atoms with van der Waals surface area (Å²) in [6, 6.07) is 0. The van der Waals surface area contributed by atoms with Crippen molar-refractivity contribution >= 4 is 0 Å². The number of hydrogen-bond donors (Lipinski definition) is 1. The van der Waals surface area contributed by atoms with Crippen LogP contribution in [0.4, 0.5) is 0 Å². The third-order valence-corrected chi connectivity index (χ3v) is 3.66. The molecule has 0 unspecified atom stereocenters. The highest BCUT2D eigenvalue weighted by Gasteiger charge is 2.18. The highest BCUT2D eigenvalue weighted by Crippen LogP contribution is 2.21. The molecule has 0 radical (unpaired) electrons. The van der Waals surface area contributed by atoms with Crippen LogP contribution < -0.4 is 5.32 Å². The number of piperidine rings is 1. The standard InChI is InChI=1S/C15H27N3O/c1-15(2,3)14-11-17-12-18(14)9-4-10-19-13-5-7-16-8-6-13/h11-13,16H,4-10H2,1-3H3. The molecule has 0 amide bonds. The first-order valence-corrected chi connectivity index (χ1v) is 7.40. The van der Waals surface area contributed by atoms with Crippen LogP contribution >= 0.6 is 0 Å². The van der Waals surface area contributed by atoms with Gasteiger partial charge in [-0.25, -0.2) is 4.98 Å². The summed E-state index contributed by atoms with van der Waals surface area (Å²) >= 11 is 0. The van der Waals surface area contributed by atoms with E-state index in [0.717, 1.165) is 45.5 Å². The predicted molar refractivity (Wildman–Crippen MR) is 77.4 cm³/mol. The average Bonchev–Trinajstić information content (AvgIpc) is 2.84. The fourth-order valence-corrected chi connectivity index (χ4v) is 2.57. The van der Waals surface area contributed by atoms with Crippen molar-refractivity contribution in [2.24, 2.45) is 0 Å². The maximum atomic E-state index is 5.93. The quantitative estimate of drug-likeness (QED) is 0.831. The Kier molecular flexibility index (Phi) is 4.99. The Morgan fingerprint density at radius 1 is 1.37 bits per heavy atom. The fourth-order valence-electron chi connectivity index (χ4n) is 2.57. The van der Waals surface area contributed by atoms with Crippen molar-refractivity contribution in [3.8, 4) is 0 Å². The van der Waals surface area contributed by atoms with E-state index >= 15 is 0 Å². The van der Waals surface area contributed by atoms with E-state index in [2.05, 4.69) is 35.6 Å². The molecular weight excluding hydrogens is 238 g/mol. The second-order valence-electron chi connectivity index (χ2n) is 6.40. The minimum atomic E-state index is 0.159. The summed E-state index contributed by atoms with van der Waals surface area (Å²) in [5.41, 5.74) is 1.46. The molecule has 4 nitrogen and oxygen atoms in total. The molecule has 19 heavy (non-hydrogen) atoms. The lowest BCUT2D eigenvalue weighted by molar-refractivity contribution is 0.0300. The van der Waals surface area contributed by atoms with Gasteiger partial charge in [-0.15, -0.1) is 0 Å². The summed E-state index contributed by atoms with van der Waals surface area (Å²) in [5, 5.41) is 3.36. The fraction of sp³-hybridized carbons (Fsp3) is 0.800. The molecule has 1 aromatic rings. The second-order valence-corrected chi connectivity index (χ2v) is 6.40. The second kappa shape index (κ2) is 6.53. The van der Waals surface area contributed by atoms with E-state index in [1.165, 1.54) is 5.69 Å². The molecule has 2 heterocycles. The predicted octanol–water partition coefficient (Wildman–Crippen LogP) is 2.34. The first-order chi connectivity index (χ1) is 9.07. The van der Waals surface area contributed by atoms with Crippen LogP contribution in [0.25, 0.3) is 0 Å². The van der Waals surface area contributed by atoms with Crippen molar-refractivity contribution in [2.75, 3.05) is 19.7 Å². The molecule has 0 aromatic carbocycles. The van der Waals surface area contributed by atoms with Gasteiger partial charge < -0.3 is 14.6 Å². The number of aromatic nitrogens is 2. The van der Waals surface area contributed by atoms with Gasteiger partial charge in [-0.05, 0) is 32.4 Å².